The lowest BCUT2D eigenvalue weighted by molar-refractivity contribution is 0.0697. The van der Waals surface area contributed by atoms with Crippen molar-refractivity contribution in [3.8, 4) is 0 Å². The minimum atomic E-state index is -1.05. The molecule has 0 spiro atoms. The van der Waals surface area contributed by atoms with Gasteiger partial charge < -0.3 is 10.0 Å². The first-order chi connectivity index (χ1) is 8.59. The maximum Gasteiger partial charge on any atom is 0.341 e. The molecule has 1 N–H and O–H groups in total. The molecule has 0 aromatic carbocycles. The van der Waals surface area contributed by atoms with E-state index >= 15 is 0 Å². The zero-order chi connectivity index (χ0) is 13.1. The fourth-order valence-electron chi connectivity index (χ4n) is 1.54. The van der Waals surface area contributed by atoms with Crippen LogP contribution >= 0.6 is 0 Å². The highest BCUT2D eigenvalue weighted by atomic mass is 16.4. The van der Waals surface area contributed by atoms with Gasteiger partial charge in [0, 0.05) is 19.4 Å². The highest BCUT2D eigenvalue weighted by molar-refractivity contribution is 5.93. The van der Waals surface area contributed by atoms with E-state index in [0.717, 1.165) is 5.69 Å². The fourth-order valence-corrected chi connectivity index (χ4v) is 1.54. The molecule has 0 aliphatic rings. The Morgan fingerprint density at radius 2 is 2.17 bits per heavy atom. The molecule has 0 saturated heterocycles. The van der Waals surface area contributed by atoms with E-state index in [1.165, 1.54) is 6.20 Å². The normalized spacial score (nSPS) is 10.1. The minimum absolute atomic E-state index is 0.0620. The molecule has 18 heavy (non-hydrogen) atoms. The van der Waals surface area contributed by atoms with Crippen molar-refractivity contribution in [3.63, 3.8) is 0 Å². The van der Waals surface area contributed by atoms with E-state index in [1.807, 2.05) is 6.07 Å². The van der Waals surface area contributed by atoms with Crippen molar-refractivity contribution in [2.75, 3.05) is 11.9 Å². The van der Waals surface area contributed by atoms with E-state index in [-0.39, 0.29) is 5.56 Å². The summed E-state index contributed by atoms with van der Waals surface area (Å²) in [5.41, 5.74) is 0.824. The van der Waals surface area contributed by atoms with Crippen LogP contribution in [0, 0.1) is 6.92 Å². The monoisotopic (exact) mass is 244 g/mol. The second-order valence-corrected chi connectivity index (χ2v) is 3.73. The van der Waals surface area contributed by atoms with Gasteiger partial charge in [-0.1, -0.05) is 0 Å². The first kappa shape index (κ1) is 12.0. The van der Waals surface area contributed by atoms with Crippen LogP contribution in [0.3, 0.4) is 0 Å². The van der Waals surface area contributed by atoms with Crippen LogP contribution in [0.4, 0.5) is 11.5 Å². The van der Waals surface area contributed by atoms with Gasteiger partial charge in [0.05, 0.1) is 11.9 Å². The minimum Gasteiger partial charge on any atom is -0.477 e. The largest absolute Gasteiger partial charge is 0.477 e. The number of aromatic nitrogens is 3. The summed E-state index contributed by atoms with van der Waals surface area (Å²) in [7, 11) is 1.74. The highest BCUT2D eigenvalue weighted by Crippen LogP contribution is 2.23. The van der Waals surface area contributed by atoms with Crippen LogP contribution < -0.4 is 4.90 Å². The van der Waals surface area contributed by atoms with E-state index in [0.29, 0.717) is 11.6 Å². The van der Waals surface area contributed by atoms with Gasteiger partial charge in [0.25, 0.3) is 0 Å². The Bertz CT molecular complexity index is 572. The lowest BCUT2D eigenvalue weighted by Gasteiger charge is -2.19. The van der Waals surface area contributed by atoms with Crippen LogP contribution in [-0.2, 0) is 0 Å². The molecule has 0 aliphatic heterocycles. The van der Waals surface area contributed by atoms with Gasteiger partial charge in [0.15, 0.2) is 5.82 Å². The van der Waals surface area contributed by atoms with Crippen LogP contribution in [0.25, 0.3) is 0 Å². The molecule has 2 aromatic rings. The molecule has 2 rings (SSSR count). The molecule has 0 amide bonds. The molecular formula is C12H12N4O2. The summed E-state index contributed by atoms with van der Waals surface area (Å²) in [4.78, 5) is 24.9. The third-order valence-corrected chi connectivity index (χ3v) is 2.47. The van der Waals surface area contributed by atoms with E-state index in [2.05, 4.69) is 15.0 Å². The van der Waals surface area contributed by atoms with Gasteiger partial charge in [-0.3, -0.25) is 4.98 Å². The molecule has 0 atom stereocenters. The van der Waals surface area contributed by atoms with Gasteiger partial charge in [-0.2, -0.15) is 0 Å². The number of hydrogen-bond acceptors (Lipinski definition) is 5. The second-order valence-electron chi connectivity index (χ2n) is 3.73. The van der Waals surface area contributed by atoms with Crippen molar-refractivity contribution in [3.05, 3.63) is 42.1 Å². The lowest BCUT2D eigenvalue weighted by Crippen LogP contribution is -2.17. The van der Waals surface area contributed by atoms with Crippen molar-refractivity contribution in [1.82, 2.24) is 15.0 Å². The Kier molecular flexibility index (Phi) is 3.18. The first-order valence-electron chi connectivity index (χ1n) is 5.30. The van der Waals surface area contributed by atoms with Gasteiger partial charge >= 0.3 is 5.97 Å². The van der Waals surface area contributed by atoms with Crippen LogP contribution in [-0.4, -0.2) is 33.1 Å². The number of pyridine rings is 1. The Labute approximate surface area is 104 Å². The maximum absolute atomic E-state index is 11.1. The average Bonchev–Trinajstić information content (AvgIpc) is 2.38. The van der Waals surface area contributed by atoms with E-state index in [9.17, 15) is 4.79 Å². The quantitative estimate of drug-likeness (QED) is 0.884. The Morgan fingerprint density at radius 3 is 2.78 bits per heavy atom. The van der Waals surface area contributed by atoms with E-state index in [4.69, 9.17) is 5.11 Å². The van der Waals surface area contributed by atoms with Crippen molar-refractivity contribution in [2.45, 2.75) is 6.92 Å². The molecule has 2 aromatic heterocycles. The number of carboxylic acids is 1. The first-order valence-corrected chi connectivity index (χ1v) is 5.30. The SMILES string of the molecule is Cc1ncc(C(=O)O)c(N(C)c2cccnc2)n1. The topological polar surface area (TPSA) is 79.2 Å². The fraction of sp³-hybridized carbons (Fsp3) is 0.167. The number of hydrogen-bond donors (Lipinski definition) is 1. The molecule has 0 aliphatic carbocycles. The molecule has 92 valence electrons. The molecule has 0 radical (unpaired) electrons. The zero-order valence-electron chi connectivity index (χ0n) is 10.0. The van der Waals surface area contributed by atoms with E-state index in [1.54, 1.807) is 37.3 Å². The van der Waals surface area contributed by atoms with Crippen LogP contribution in [0.15, 0.2) is 30.7 Å². The van der Waals surface area contributed by atoms with Crippen molar-refractivity contribution < 1.29 is 9.90 Å². The van der Waals surface area contributed by atoms with Crippen molar-refractivity contribution in [2.24, 2.45) is 0 Å². The molecule has 0 unspecified atom stereocenters. The molecule has 0 bridgehead atoms. The van der Waals surface area contributed by atoms with Gasteiger partial charge in [-0.15, -0.1) is 0 Å². The predicted octanol–water partition coefficient (Wildman–Crippen LogP) is 1.65. The number of aromatic carboxylic acids is 1. The summed E-state index contributed by atoms with van der Waals surface area (Å²) in [6.07, 6.45) is 4.61. The van der Waals surface area contributed by atoms with Crippen LogP contribution in [0.5, 0.6) is 0 Å². The number of carboxylic acid groups (broad SMARTS) is 1. The van der Waals surface area contributed by atoms with Crippen LogP contribution in [0.2, 0.25) is 0 Å². The predicted molar refractivity (Wildman–Crippen MR) is 66.0 cm³/mol. The summed E-state index contributed by atoms with van der Waals surface area (Å²) >= 11 is 0. The van der Waals surface area contributed by atoms with Crippen LogP contribution in [0.1, 0.15) is 16.2 Å². The summed E-state index contributed by atoms with van der Waals surface area (Å²) < 4.78 is 0. The van der Waals surface area contributed by atoms with E-state index < -0.39 is 5.97 Å². The number of carbonyl (C=O) groups is 1. The third-order valence-electron chi connectivity index (χ3n) is 2.47. The summed E-state index contributed by atoms with van der Waals surface area (Å²) in [5.74, 6) is -0.186. The molecule has 0 fully saturated rings. The summed E-state index contributed by atoms with van der Waals surface area (Å²) in [5, 5.41) is 9.13. The summed E-state index contributed by atoms with van der Waals surface area (Å²) in [6.45, 7) is 1.71. The zero-order valence-corrected chi connectivity index (χ0v) is 10.0. The summed E-state index contributed by atoms with van der Waals surface area (Å²) in [6, 6.07) is 3.61. The molecule has 2 heterocycles. The Morgan fingerprint density at radius 1 is 1.39 bits per heavy atom. The third kappa shape index (κ3) is 2.27. The highest BCUT2D eigenvalue weighted by Gasteiger charge is 2.17. The average molecular weight is 244 g/mol. The maximum atomic E-state index is 11.1. The number of aryl methyl sites for hydroxylation is 1. The van der Waals surface area contributed by atoms with Gasteiger partial charge in [-0.05, 0) is 19.1 Å². The van der Waals surface area contributed by atoms with Crippen molar-refractivity contribution >= 4 is 17.5 Å². The lowest BCUT2D eigenvalue weighted by atomic mass is 10.2. The molecular weight excluding hydrogens is 232 g/mol. The molecule has 6 nitrogen and oxygen atoms in total. The number of rotatable bonds is 3. The number of nitrogens with zero attached hydrogens (tertiary/aromatic N) is 4. The van der Waals surface area contributed by atoms with Crippen molar-refractivity contribution in [1.29, 1.82) is 0 Å². The van der Waals surface area contributed by atoms with Gasteiger partial charge in [0.1, 0.15) is 11.4 Å². The standard InChI is InChI=1S/C12H12N4O2/c1-8-14-7-10(12(17)18)11(15-8)16(2)9-4-3-5-13-6-9/h3-7H,1-2H3,(H,17,18). The van der Waals surface area contributed by atoms with Gasteiger partial charge in [0.2, 0.25) is 0 Å². The molecule has 0 saturated carbocycles. The number of anilines is 2. The van der Waals surface area contributed by atoms with Gasteiger partial charge in [-0.25, -0.2) is 14.8 Å². The smallest absolute Gasteiger partial charge is 0.341 e. The Hall–Kier alpha value is -2.50. The molecule has 6 heteroatoms. The Balaban J connectivity index is 2.50. The second kappa shape index (κ2) is 4.79.